The summed E-state index contributed by atoms with van der Waals surface area (Å²) in [4.78, 5) is 25.8. The van der Waals surface area contributed by atoms with Gasteiger partial charge in [-0.2, -0.15) is 0 Å². The predicted molar refractivity (Wildman–Crippen MR) is 94.2 cm³/mol. The molecule has 0 bridgehead atoms. The summed E-state index contributed by atoms with van der Waals surface area (Å²) in [6.45, 7) is 0.199. The molecule has 2 amide bonds. The number of anilines is 2. The Labute approximate surface area is 146 Å². The summed E-state index contributed by atoms with van der Waals surface area (Å²) >= 11 is 0. The first-order valence-electron chi connectivity index (χ1n) is 8.06. The molecule has 0 fully saturated rings. The number of fused-ring (bicyclic) bond motifs is 1. The van der Waals surface area contributed by atoms with Gasteiger partial charge in [-0.25, -0.2) is 0 Å². The number of carbonyl (C=O) groups excluding carboxylic acids is 2. The van der Waals surface area contributed by atoms with Crippen molar-refractivity contribution in [3.05, 3.63) is 59.7 Å². The highest BCUT2D eigenvalue weighted by atomic mass is 16.5. The highest BCUT2D eigenvalue weighted by Gasteiger charge is 2.24. The first-order valence-corrected chi connectivity index (χ1v) is 8.06. The fourth-order valence-corrected chi connectivity index (χ4v) is 2.91. The number of nitrogens with zero attached hydrogens (tertiary/aromatic N) is 1. The summed E-state index contributed by atoms with van der Waals surface area (Å²) in [5.74, 6) is -0.475. The Morgan fingerprint density at radius 2 is 2.00 bits per heavy atom. The maximum atomic E-state index is 12.3. The highest BCUT2D eigenvalue weighted by Crippen LogP contribution is 2.30. The zero-order chi connectivity index (χ0) is 17.8. The van der Waals surface area contributed by atoms with Gasteiger partial charge in [0.15, 0.2) is 6.10 Å². The molecule has 25 heavy (non-hydrogen) atoms. The number of hydrogen-bond donors (Lipinski definition) is 2. The van der Waals surface area contributed by atoms with Crippen molar-refractivity contribution in [2.45, 2.75) is 18.9 Å². The first kappa shape index (κ1) is 17.1. The molecule has 0 unspecified atom stereocenters. The molecule has 0 aliphatic carbocycles. The number of aliphatic hydroxyl groups is 1. The van der Waals surface area contributed by atoms with Crippen LogP contribution in [0.3, 0.4) is 0 Å². The molecule has 1 aliphatic heterocycles. The van der Waals surface area contributed by atoms with Crippen molar-refractivity contribution in [3.8, 4) is 0 Å². The molecule has 0 aromatic heterocycles. The quantitative estimate of drug-likeness (QED) is 0.875. The van der Waals surface area contributed by atoms with E-state index in [0.29, 0.717) is 24.1 Å². The van der Waals surface area contributed by atoms with Gasteiger partial charge in [-0.15, -0.1) is 0 Å². The fourth-order valence-electron chi connectivity index (χ4n) is 2.91. The van der Waals surface area contributed by atoms with Gasteiger partial charge in [-0.3, -0.25) is 14.5 Å². The van der Waals surface area contributed by atoms with Crippen LogP contribution in [-0.2, 0) is 20.7 Å². The lowest BCUT2D eigenvalue weighted by Gasteiger charge is -2.29. The van der Waals surface area contributed by atoms with Gasteiger partial charge in [0.1, 0.15) is 6.73 Å². The SMILES string of the molecule is COCN1C(=O)CCc2cc(NC(=O)[C@@H](O)c3ccccc3)ccc21. The van der Waals surface area contributed by atoms with Crippen molar-refractivity contribution in [1.82, 2.24) is 0 Å². The van der Waals surface area contributed by atoms with Gasteiger partial charge < -0.3 is 15.2 Å². The third-order valence-corrected chi connectivity index (χ3v) is 4.17. The lowest BCUT2D eigenvalue weighted by Crippen LogP contribution is -2.36. The van der Waals surface area contributed by atoms with E-state index in [9.17, 15) is 14.7 Å². The number of amides is 2. The molecule has 3 rings (SSSR count). The van der Waals surface area contributed by atoms with Gasteiger partial charge in [-0.05, 0) is 35.7 Å². The Kier molecular flexibility index (Phi) is 5.11. The third-order valence-electron chi connectivity index (χ3n) is 4.17. The molecule has 2 N–H and O–H groups in total. The molecule has 130 valence electrons. The zero-order valence-corrected chi connectivity index (χ0v) is 13.9. The molecule has 0 saturated heterocycles. The highest BCUT2D eigenvalue weighted by molar-refractivity contribution is 5.98. The molecule has 0 spiro atoms. The van der Waals surface area contributed by atoms with Gasteiger partial charge in [-0.1, -0.05) is 30.3 Å². The smallest absolute Gasteiger partial charge is 0.257 e. The number of nitrogens with one attached hydrogen (secondary N) is 1. The van der Waals surface area contributed by atoms with Crippen LogP contribution in [-0.4, -0.2) is 30.8 Å². The predicted octanol–water partition coefficient (Wildman–Crippen LogP) is 2.24. The van der Waals surface area contributed by atoms with Crippen LogP contribution in [0.25, 0.3) is 0 Å². The molecule has 0 saturated carbocycles. The van der Waals surface area contributed by atoms with E-state index in [0.717, 1.165) is 11.3 Å². The summed E-state index contributed by atoms with van der Waals surface area (Å²) in [7, 11) is 1.54. The van der Waals surface area contributed by atoms with Crippen LogP contribution >= 0.6 is 0 Å². The minimum atomic E-state index is -1.23. The van der Waals surface area contributed by atoms with E-state index in [2.05, 4.69) is 5.32 Å². The average Bonchev–Trinajstić information content (AvgIpc) is 2.64. The van der Waals surface area contributed by atoms with E-state index in [-0.39, 0.29) is 12.6 Å². The number of carbonyl (C=O) groups is 2. The molecular formula is C19H20N2O4. The lowest BCUT2D eigenvalue weighted by atomic mass is 10.0. The molecule has 2 aromatic rings. The van der Waals surface area contributed by atoms with E-state index in [1.54, 1.807) is 48.4 Å². The second kappa shape index (κ2) is 7.46. The van der Waals surface area contributed by atoms with Crippen LogP contribution in [0, 0.1) is 0 Å². The monoisotopic (exact) mass is 340 g/mol. The largest absolute Gasteiger partial charge is 0.378 e. The summed E-state index contributed by atoms with van der Waals surface area (Å²) in [5.41, 5.74) is 2.88. The Balaban J connectivity index is 1.76. The number of methoxy groups -OCH3 is 1. The number of aryl methyl sites for hydroxylation is 1. The van der Waals surface area contributed by atoms with Crippen LogP contribution in [0.15, 0.2) is 48.5 Å². The van der Waals surface area contributed by atoms with Gasteiger partial charge in [0.2, 0.25) is 5.91 Å². The molecule has 6 heteroatoms. The third kappa shape index (κ3) is 3.70. The number of rotatable bonds is 5. The minimum Gasteiger partial charge on any atom is -0.378 e. The standard InChI is InChI=1S/C19H20N2O4/c1-25-12-21-16-9-8-15(11-14(16)7-10-17(21)22)20-19(24)18(23)13-5-3-2-4-6-13/h2-6,8-9,11,18,23H,7,10,12H2,1H3,(H,20,24)/t18-/m0/s1. The van der Waals surface area contributed by atoms with E-state index >= 15 is 0 Å². The van der Waals surface area contributed by atoms with Crippen LogP contribution in [0.4, 0.5) is 11.4 Å². The van der Waals surface area contributed by atoms with Crippen molar-refractivity contribution in [3.63, 3.8) is 0 Å². The molecule has 2 aromatic carbocycles. The second-order valence-corrected chi connectivity index (χ2v) is 5.89. The summed E-state index contributed by atoms with van der Waals surface area (Å²) in [6.07, 6.45) is -0.219. The number of hydrogen-bond acceptors (Lipinski definition) is 4. The van der Waals surface area contributed by atoms with Crippen LogP contribution < -0.4 is 10.2 Å². The van der Waals surface area contributed by atoms with Crippen LogP contribution in [0.2, 0.25) is 0 Å². The fraction of sp³-hybridized carbons (Fsp3) is 0.263. The molecule has 1 heterocycles. The van der Waals surface area contributed by atoms with Crippen LogP contribution in [0.5, 0.6) is 0 Å². The zero-order valence-electron chi connectivity index (χ0n) is 13.9. The van der Waals surface area contributed by atoms with Crippen LogP contribution in [0.1, 0.15) is 23.7 Å². The van der Waals surface area contributed by atoms with Crippen molar-refractivity contribution < 1.29 is 19.4 Å². The molecule has 1 aliphatic rings. The number of benzene rings is 2. The summed E-state index contributed by atoms with van der Waals surface area (Å²) in [5, 5.41) is 12.9. The normalized spacial score (nSPS) is 14.8. The Morgan fingerprint density at radius 3 is 2.72 bits per heavy atom. The van der Waals surface area contributed by atoms with E-state index in [4.69, 9.17) is 4.74 Å². The van der Waals surface area contributed by atoms with Crippen molar-refractivity contribution in [2.75, 3.05) is 24.1 Å². The van der Waals surface area contributed by atoms with E-state index in [1.807, 2.05) is 12.1 Å². The molecule has 1 atom stereocenters. The first-order chi connectivity index (χ1) is 12.1. The second-order valence-electron chi connectivity index (χ2n) is 5.89. The van der Waals surface area contributed by atoms with E-state index in [1.165, 1.54) is 0 Å². The van der Waals surface area contributed by atoms with E-state index < -0.39 is 12.0 Å². The topological polar surface area (TPSA) is 78.9 Å². The molecule has 0 radical (unpaired) electrons. The minimum absolute atomic E-state index is 0.0191. The average molecular weight is 340 g/mol. The van der Waals surface area contributed by atoms with Gasteiger partial charge in [0.05, 0.1) is 0 Å². The Bertz CT molecular complexity index is 776. The van der Waals surface area contributed by atoms with Gasteiger partial charge in [0.25, 0.3) is 5.91 Å². The van der Waals surface area contributed by atoms with Gasteiger partial charge in [0, 0.05) is 24.9 Å². The Hall–Kier alpha value is -2.70. The van der Waals surface area contributed by atoms with Gasteiger partial charge >= 0.3 is 0 Å². The van der Waals surface area contributed by atoms with Crippen molar-refractivity contribution in [1.29, 1.82) is 0 Å². The number of ether oxygens (including phenoxy) is 1. The Morgan fingerprint density at radius 1 is 1.24 bits per heavy atom. The lowest BCUT2D eigenvalue weighted by molar-refractivity contribution is -0.124. The maximum absolute atomic E-state index is 12.3. The number of aliphatic hydroxyl groups excluding tert-OH is 1. The maximum Gasteiger partial charge on any atom is 0.257 e. The van der Waals surface area contributed by atoms with Crippen molar-refractivity contribution in [2.24, 2.45) is 0 Å². The van der Waals surface area contributed by atoms with Crippen molar-refractivity contribution >= 4 is 23.2 Å². The summed E-state index contributed by atoms with van der Waals surface area (Å²) in [6, 6.07) is 14.1. The summed E-state index contributed by atoms with van der Waals surface area (Å²) < 4.78 is 5.09. The molecule has 6 nitrogen and oxygen atoms in total. The molecular weight excluding hydrogens is 320 g/mol.